The number of carbonyl (C=O) groups excluding carboxylic acids is 1. The highest BCUT2D eigenvalue weighted by Crippen LogP contribution is 2.19. The van der Waals surface area contributed by atoms with E-state index in [0.717, 1.165) is 37.3 Å². The smallest absolute Gasteiger partial charge is 0.254 e. The highest BCUT2D eigenvalue weighted by atomic mass is 16.2. The van der Waals surface area contributed by atoms with E-state index in [4.69, 9.17) is 5.73 Å². The number of amides is 1. The summed E-state index contributed by atoms with van der Waals surface area (Å²) in [5, 5.41) is 0. The van der Waals surface area contributed by atoms with Crippen LogP contribution in [0.2, 0.25) is 0 Å². The second-order valence-corrected chi connectivity index (χ2v) is 6.52. The van der Waals surface area contributed by atoms with Crippen LogP contribution in [0.15, 0.2) is 18.2 Å². The average molecular weight is 275 g/mol. The van der Waals surface area contributed by atoms with Crippen LogP contribution in [0, 0.1) is 6.92 Å². The Labute approximate surface area is 121 Å². The van der Waals surface area contributed by atoms with E-state index in [2.05, 4.69) is 25.7 Å². The van der Waals surface area contributed by atoms with E-state index in [0.29, 0.717) is 5.69 Å². The lowest BCUT2D eigenvalue weighted by Crippen LogP contribution is -2.54. The van der Waals surface area contributed by atoms with Gasteiger partial charge in [-0.25, -0.2) is 0 Å². The molecular weight excluding hydrogens is 250 g/mol. The molecule has 0 spiro atoms. The Hall–Kier alpha value is -1.55. The van der Waals surface area contributed by atoms with Crippen molar-refractivity contribution in [2.45, 2.75) is 33.2 Å². The fourth-order valence-corrected chi connectivity index (χ4v) is 2.62. The quantitative estimate of drug-likeness (QED) is 0.799. The van der Waals surface area contributed by atoms with E-state index in [1.54, 1.807) is 6.07 Å². The number of piperazine rings is 1. The molecule has 1 amide bonds. The molecule has 0 atom stereocenters. The molecule has 1 fully saturated rings. The predicted octanol–water partition coefficient (Wildman–Crippen LogP) is 2.13. The number of hydrogen-bond acceptors (Lipinski definition) is 3. The van der Waals surface area contributed by atoms with Crippen LogP contribution in [0.4, 0.5) is 5.69 Å². The molecule has 1 aromatic carbocycles. The number of carbonyl (C=O) groups is 1. The summed E-state index contributed by atoms with van der Waals surface area (Å²) in [5.74, 6) is 0.100. The van der Waals surface area contributed by atoms with Gasteiger partial charge in [-0.3, -0.25) is 9.69 Å². The first-order chi connectivity index (χ1) is 9.29. The zero-order valence-electron chi connectivity index (χ0n) is 12.9. The van der Waals surface area contributed by atoms with E-state index in [1.165, 1.54) is 0 Å². The summed E-state index contributed by atoms with van der Waals surface area (Å²) >= 11 is 0. The predicted molar refractivity (Wildman–Crippen MR) is 82.8 cm³/mol. The Morgan fingerprint density at radius 2 is 1.75 bits per heavy atom. The van der Waals surface area contributed by atoms with Gasteiger partial charge in [0.25, 0.3) is 5.91 Å². The molecule has 0 saturated carbocycles. The lowest BCUT2D eigenvalue weighted by atomic mass is 10.0. The summed E-state index contributed by atoms with van der Waals surface area (Å²) in [6.07, 6.45) is 0. The van der Waals surface area contributed by atoms with Crippen molar-refractivity contribution in [1.29, 1.82) is 0 Å². The van der Waals surface area contributed by atoms with Crippen molar-refractivity contribution >= 4 is 11.6 Å². The van der Waals surface area contributed by atoms with Gasteiger partial charge in [-0.1, -0.05) is 6.07 Å². The Bertz CT molecular complexity index is 497. The van der Waals surface area contributed by atoms with Crippen LogP contribution in [0.25, 0.3) is 0 Å². The molecule has 1 aliphatic rings. The zero-order valence-corrected chi connectivity index (χ0v) is 12.9. The Morgan fingerprint density at radius 1 is 1.15 bits per heavy atom. The lowest BCUT2D eigenvalue weighted by Gasteiger charge is -2.42. The number of rotatable bonds is 1. The van der Waals surface area contributed by atoms with E-state index < -0.39 is 0 Å². The van der Waals surface area contributed by atoms with Gasteiger partial charge in [-0.2, -0.15) is 0 Å². The van der Waals surface area contributed by atoms with Crippen LogP contribution in [0.5, 0.6) is 0 Å². The molecule has 0 aromatic heterocycles. The molecule has 20 heavy (non-hydrogen) atoms. The molecule has 2 rings (SSSR count). The second-order valence-electron chi connectivity index (χ2n) is 6.52. The SMILES string of the molecule is Cc1ccc(N)cc1C(=O)N1CCN(C(C)(C)C)CC1. The molecule has 4 heteroatoms. The van der Waals surface area contributed by atoms with Crippen molar-refractivity contribution in [3.63, 3.8) is 0 Å². The number of hydrogen-bond donors (Lipinski definition) is 1. The van der Waals surface area contributed by atoms with Gasteiger partial charge in [0.15, 0.2) is 0 Å². The van der Waals surface area contributed by atoms with E-state index in [1.807, 2.05) is 24.0 Å². The van der Waals surface area contributed by atoms with Crippen molar-refractivity contribution in [2.24, 2.45) is 0 Å². The molecule has 0 aliphatic carbocycles. The minimum absolute atomic E-state index is 0.100. The fraction of sp³-hybridized carbons (Fsp3) is 0.562. The van der Waals surface area contributed by atoms with Gasteiger partial charge in [-0.05, 0) is 45.4 Å². The van der Waals surface area contributed by atoms with E-state index in [-0.39, 0.29) is 11.4 Å². The normalized spacial score (nSPS) is 17.3. The van der Waals surface area contributed by atoms with Gasteiger partial charge in [-0.15, -0.1) is 0 Å². The summed E-state index contributed by atoms with van der Waals surface area (Å²) in [7, 11) is 0. The van der Waals surface area contributed by atoms with Crippen LogP contribution in [-0.2, 0) is 0 Å². The van der Waals surface area contributed by atoms with E-state index in [9.17, 15) is 4.79 Å². The number of nitrogen functional groups attached to an aromatic ring is 1. The first-order valence-corrected chi connectivity index (χ1v) is 7.19. The van der Waals surface area contributed by atoms with Gasteiger partial charge in [0.05, 0.1) is 0 Å². The van der Waals surface area contributed by atoms with Crippen molar-refractivity contribution in [3.8, 4) is 0 Å². The molecule has 0 bridgehead atoms. The third kappa shape index (κ3) is 3.12. The minimum Gasteiger partial charge on any atom is -0.399 e. The number of benzene rings is 1. The average Bonchev–Trinajstić information content (AvgIpc) is 2.40. The zero-order chi connectivity index (χ0) is 14.9. The largest absolute Gasteiger partial charge is 0.399 e. The Morgan fingerprint density at radius 3 is 2.30 bits per heavy atom. The number of anilines is 1. The molecule has 2 N–H and O–H groups in total. The first-order valence-electron chi connectivity index (χ1n) is 7.19. The molecule has 1 aromatic rings. The molecule has 1 heterocycles. The minimum atomic E-state index is 0.100. The monoisotopic (exact) mass is 275 g/mol. The topological polar surface area (TPSA) is 49.6 Å². The highest BCUT2D eigenvalue weighted by Gasteiger charge is 2.28. The molecule has 1 aliphatic heterocycles. The van der Waals surface area contributed by atoms with Gasteiger partial charge in [0.2, 0.25) is 0 Å². The summed E-state index contributed by atoms with van der Waals surface area (Å²) in [6, 6.07) is 5.53. The van der Waals surface area contributed by atoms with Gasteiger partial charge < -0.3 is 10.6 Å². The maximum Gasteiger partial charge on any atom is 0.254 e. The van der Waals surface area contributed by atoms with Crippen LogP contribution in [-0.4, -0.2) is 47.4 Å². The molecule has 1 saturated heterocycles. The maximum absolute atomic E-state index is 12.6. The standard InChI is InChI=1S/C16H25N3O/c1-12-5-6-13(17)11-14(12)15(20)18-7-9-19(10-8-18)16(2,3)4/h5-6,11H,7-10,17H2,1-4H3. The van der Waals surface area contributed by atoms with Gasteiger partial charge in [0.1, 0.15) is 0 Å². The molecule has 0 radical (unpaired) electrons. The fourth-order valence-electron chi connectivity index (χ4n) is 2.62. The van der Waals surface area contributed by atoms with Crippen LogP contribution in [0.3, 0.4) is 0 Å². The molecular formula is C16H25N3O. The third-order valence-corrected chi connectivity index (χ3v) is 4.01. The molecule has 0 unspecified atom stereocenters. The molecule has 4 nitrogen and oxygen atoms in total. The van der Waals surface area contributed by atoms with Crippen LogP contribution < -0.4 is 5.73 Å². The number of aryl methyl sites for hydroxylation is 1. The van der Waals surface area contributed by atoms with Crippen molar-refractivity contribution in [3.05, 3.63) is 29.3 Å². The second kappa shape index (κ2) is 5.44. The maximum atomic E-state index is 12.6. The highest BCUT2D eigenvalue weighted by molar-refractivity contribution is 5.96. The number of nitrogens with two attached hydrogens (primary N) is 1. The van der Waals surface area contributed by atoms with Crippen LogP contribution >= 0.6 is 0 Å². The van der Waals surface area contributed by atoms with Gasteiger partial charge in [0, 0.05) is 43.0 Å². The summed E-state index contributed by atoms with van der Waals surface area (Å²) in [4.78, 5) is 16.9. The van der Waals surface area contributed by atoms with Crippen molar-refractivity contribution < 1.29 is 4.79 Å². The summed E-state index contributed by atoms with van der Waals surface area (Å²) in [6.45, 7) is 12.0. The Kier molecular flexibility index (Phi) is 4.04. The number of nitrogens with zero attached hydrogens (tertiary/aromatic N) is 2. The Balaban J connectivity index is 2.07. The lowest BCUT2D eigenvalue weighted by molar-refractivity contribution is 0.0450. The third-order valence-electron chi connectivity index (χ3n) is 4.01. The van der Waals surface area contributed by atoms with Gasteiger partial charge >= 0.3 is 0 Å². The molecule has 110 valence electrons. The summed E-state index contributed by atoms with van der Waals surface area (Å²) < 4.78 is 0. The van der Waals surface area contributed by atoms with E-state index >= 15 is 0 Å². The van der Waals surface area contributed by atoms with Crippen molar-refractivity contribution in [2.75, 3.05) is 31.9 Å². The van der Waals surface area contributed by atoms with Crippen LogP contribution in [0.1, 0.15) is 36.7 Å². The first kappa shape index (κ1) is 14.9. The van der Waals surface area contributed by atoms with Crippen molar-refractivity contribution in [1.82, 2.24) is 9.80 Å². The summed E-state index contributed by atoms with van der Waals surface area (Å²) in [5.41, 5.74) is 8.33.